The van der Waals surface area contributed by atoms with E-state index in [4.69, 9.17) is 4.74 Å². The number of nitrogens with one attached hydrogen (secondary N) is 2. The molecule has 8 nitrogen and oxygen atoms in total. The van der Waals surface area contributed by atoms with Gasteiger partial charge < -0.3 is 15.4 Å². The average Bonchev–Trinajstić information content (AvgIpc) is 2.84. The van der Waals surface area contributed by atoms with E-state index in [0.29, 0.717) is 24.4 Å². The first-order valence-corrected chi connectivity index (χ1v) is 12.7. The van der Waals surface area contributed by atoms with Crippen molar-refractivity contribution >= 4 is 17.9 Å². The quantitative estimate of drug-likeness (QED) is 0.604. The molecule has 2 fully saturated rings. The molecule has 2 atom stereocenters. The zero-order valence-electron chi connectivity index (χ0n) is 20.3. The Morgan fingerprint density at radius 3 is 2.59 bits per heavy atom. The lowest BCUT2D eigenvalue weighted by Crippen LogP contribution is -2.45. The Hall–Kier alpha value is -2.71. The molecule has 1 saturated heterocycles. The second kappa shape index (κ2) is 10.3. The zero-order chi connectivity index (χ0) is 23.5. The van der Waals surface area contributed by atoms with Crippen LogP contribution in [0.2, 0.25) is 0 Å². The van der Waals surface area contributed by atoms with Crippen LogP contribution < -0.4 is 15.5 Å². The van der Waals surface area contributed by atoms with E-state index in [-0.39, 0.29) is 18.7 Å². The van der Waals surface area contributed by atoms with Crippen LogP contribution in [0.1, 0.15) is 68.3 Å². The third-order valence-electron chi connectivity index (χ3n) is 7.53. The molecule has 1 aromatic heterocycles. The number of nitrogens with zero attached hydrogens (tertiary/aromatic N) is 4. The standard InChI is InChI=1S/C26H36N6O2/c1-3-32-24-22(17-34-26(32)33)16-28-25(30-24)29-18(2)20-7-9-21(10-8-20)23(15-19-5-4-6-19)31-13-11-27-12-14-31/h7-10,16,18-19,23,27H,3-6,11-15,17H2,1-2H3,(H,28,29,30)/t18-,23?/m0/s1. The number of amides is 1. The number of cyclic esters (lactones) is 1. The van der Waals surface area contributed by atoms with Crippen LogP contribution in [0.3, 0.4) is 0 Å². The Bertz CT molecular complexity index is 987. The van der Waals surface area contributed by atoms with E-state index in [1.54, 1.807) is 11.1 Å². The van der Waals surface area contributed by atoms with Gasteiger partial charge in [-0.3, -0.25) is 9.80 Å². The van der Waals surface area contributed by atoms with Crippen molar-refractivity contribution in [2.24, 2.45) is 5.92 Å². The van der Waals surface area contributed by atoms with E-state index in [0.717, 1.165) is 37.7 Å². The van der Waals surface area contributed by atoms with E-state index in [1.807, 2.05) is 6.92 Å². The van der Waals surface area contributed by atoms with Gasteiger partial charge in [0.1, 0.15) is 12.4 Å². The van der Waals surface area contributed by atoms with Crippen molar-refractivity contribution in [2.45, 2.75) is 58.2 Å². The van der Waals surface area contributed by atoms with Crippen molar-refractivity contribution < 1.29 is 9.53 Å². The number of piperazine rings is 1. The van der Waals surface area contributed by atoms with E-state index < -0.39 is 0 Å². The van der Waals surface area contributed by atoms with E-state index in [1.165, 1.54) is 36.8 Å². The van der Waals surface area contributed by atoms with Gasteiger partial charge in [0.2, 0.25) is 5.95 Å². The third-order valence-corrected chi connectivity index (χ3v) is 7.53. The molecule has 0 radical (unpaired) electrons. The number of aromatic nitrogens is 2. The molecule has 2 aliphatic heterocycles. The molecular weight excluding hydrogens is 428 g/mol. The van der Waals surface area contributed by atoms with Gasteiger partial charge in [0.25, 0.3) is 0 Å². The Balaban J connectivity index is 1.29. The molecule has 1 aromatic carbocycles. The van der Waals surface area contributed by atoms with Gasteiger partial charge in [0.05, 0.1) is 11.6 Å². The highest BCUT2D eigenvalue weighted by molar-refractivity contribution is 5.89. The fourth-order valence-electron chi connectivity index (χ4n) is 5.20. The summed E-state index contributed by atoms with van der Waals surface area (Å²) in [5, 5.41) is 6.90. The number of hydrogen-bond donors (Lipinski definition) is 2. The predicted octanol–water partition coefficient (Wildman–Crippen LogP) is 4.26. The summed E-state index contributed by atoms with van der Waals surface area (Å²) in [6.45, 7) is 9.15. The molecule has 1 aliphatic carbocycles. The summed E-state index contributed by atoms with van der Waals surface area (Å²) in [4.78, 5) is 25.3. The van der Waals surface area contributed by atoms with Gasteiger partial charge >= 0.3 is 6.09 Å². The van der Waals surface area contributed by atoms with Crippen molar-refractivity contribution in [2.75, 3.05) is 42.9 Å². The molecule has 0 bridgehead atoms. The van der Waals surface area contributed by atoms with Crippen molar-refractivity contribution in [3.8, 4) is 0 Å². The first-order chi connectivity index (χ1) is 16.6. The number of benzene rings is 1. The first-order valence-electron chi connectivity index (χ1n) is 12.7. The number of rotatable bonds is 8. The molecule has 2 aromatic rings. The second-order valence-electron chi connectivity index (χ2n) is 9.71. The third kappa shape index (κ3) is 4.88. The normalized spacial score (nSPS) is 20.8. The van der Waals surface area contributed by atoms with Crippen LogP contribution in [-0.2, 0) is 11.3 Å². The van der Waals surface area contributed by atoms with E-state index >= 15 is 0 Å². The molecule has 5 rings (SSSR count). The molecule has 2 N–H and O–H groups in total. The molecule has 182 valence electrons. The maximum absolute atomic E-state index is 12.0. The summed E-state index contributed by atoms with van der Waals surface area (Å²) in [5.41, 5.74) is 3.45. The summed E-state index contributed by atoms with van der Waals surface area (Å²) in [6.07, 6.45) is 6.82. The highest BCUT2D eigenvalue weighted by Crippen LogP contribution is 2.38. The van der Waals surface area contributed by atoms with Crippen LogP contribution in [0.25, 0.3) is 0 Å². The zero-order valence-corrected chi connectivity index (χ0v) is 20.3. The molecule has 3 heterocycles. The van der Waals surface area contributed by atoms with Crippen LogP contribution in [0, 0.1) is 5.92 Å². The van der Waals surface area contributed by atoms with Gasteiger partial charge in [-0.05, 0) is 37.3 Å². The van der Waals surface area contributed by atoms with E-state index in [2.05, 4.69) is 56.7 Å². The fourth-order valence-corrected chi connectivity index (χ4v) is 5.20. The lowest BCUT2D eigenvalue weighted by atomic mass is 9.79. The van der Waals surface area contributed by atoms with Crippen LogP contribution in [0.5, 0.6) is 0 Å². The first kappa shape index (κ1) is 23.1. The van der Waals surface area contributed by atoms with Gasteiger partial charge in [0, 0.05) is 45.0 Å². The number of hydrogen-bond acceptors (Lipinski definition) is 7. The maximum Gasteiger partial charge on any atom is 0.415 e. The average molecular weight is 465 g/mol. The van der Waals surface area contributed by atoms with Gasteiger partial charge in [-0.15, -0.1) is 0 Å². The number of carbonyl (C=O) groups excluding carboxylic acids is 1. The number of carbonyl (C=O) groups is 1. The SMILES string of the molecule is CCN1C(=O)OCc2cnc(N[C@@H](C)c3ccc(C(CC4CCC4)N4CCNCC4)cc3)nc21. The minimum atomic E-state index is -0.357. The molecule has 1 saturated carbocycles. The lowest BCUT2D eigenvalue weighted by molar-refractivity contribution is 0.129. The molecular formula is C26H36N6O2. The Morgan fingerprint density at radius 2 is 1.91 bits per heavy atom. The van der Waals surface area contributed by atoms with Gasteiger partial charge in [0.15, 0.2) is 0 Å². The smallest absolute Gasteiger partial charge is 0.415 e. The van der Waals surface area contributed by atoms with Crippen LogP contribution in [-0.4, -0.2) is 53.7 Å². The van der Waals surface area contributed by atoms with Crippen molar-refractivity contribution in [1.29, 1.82) is 0 Å². The number of anilines is 2. The van der Waals surface area contributed by atoms with Gasteiger partial charge in [-0.25, -0.2) is 9.78 Å². The lowest BCUT2D eigenvalue weighted by Gasteiger charge is -2.39. The van der Waals surface area contributed by atoms with Crippen LogP contribution in [0.15, 0.2) is 30.5 Å². The minimum absolute atomic E-state index is 0.0435. The molecule has 1 unspecified atom stereocenters. The second-order valence-corrected chi connectivity index (χ2v) is 9.71. The largest absolute Gasteiger partial charge is 0.444 e. The minimum Gasteiger partial charge on any atom is -0.444 e. The van der Waals surface area contributed by atoms with Crippen molar-refractivity contribution in [3.05, 3.63) is 47.2 Å². The van der Waals surface area contributed by atoms with E-state index in [9.17, 15) is 4.79 Å². The Morgan fingerprint density at radius 1 is 1.18 bits per heavy atom. The summed E-state index contributed by atoms with van der Waals surface area (Å²) in [7, 11) is 0. The number of fused-ring (bicyclic) bond motifs is 1. The highest BCUT2D eigenvalue weighted by Gasteiger charge is 2.29. The summed E-state index contributed by atoms with van der Waals surface area (Å²) in [5.74, 6) is 2.03. The summed E-state index contributed by atoms with van der Waals surface area (Å²) < 4.78 is 5.19. The summed E-state index contributed by atoms with van der Waals surface area (Å²) in [6, 6.07) is 9.63. The summed E-state index contributed by atoms with van der Waals surface area (Å²) >= 11 is 0. The number of ether oxygens (including phenoxy) is 1. The maximum atomic E-state index is 12.0. The molecule has 3 aliphatic rings. The highest BCUT2D eigenvalue weighted by atomic mass is 16.6. The monoisotopic (exact) mass is 464 g/mol. The molecule has 0 spiro atoms. The molecule has 34 heavy (non-hydrogen) atoms. The van der Waals surface area contributed by atoms with Gasteiger partial charge in [-0.1, -0.05) is 43.5 Å². The Labute approximate surface area is 202 Å². The van der Waals surface area contributed by atoms with Crippen molar-refractivity contribution in [3.63, 3.8) is 0 Å². The van der Waals surface area contributed by atoms with Crippen molar-refractivity contribution in [1.82, 2.24) is 20.2 Å². The molecule has 8 heteroatoms. The van der Waals surface area contributed by atoms with Crippen LogP contribution in [0.4, 0.5) is 16.6 Å². The van der Waals surface area contributed by atoms with Crippen LogP contribution >= 0.6 is 0 Å². The topological polar surface area (TPSA) is 82.6 Å². The van der Waals surface area contributed by atoms with Gasteiger partial charge in [-0.2, -0.15) is 4.98 Å². The molecule has 1 amide bonds. The Kier molecular flexibility index (Phi) is 6.97. The fraction of sp³-hybridized carbons (Fsp3) is 0.577. The predicted molar refractivity (Wildman–Crippen MR) is 133 cm³/mol.